The van der Waals surface area contributed by atoms with Gasteiger partial charge in [-0.2, -0.15) is 0 Å². The van der Waals surface area contributed by atoms with Gasteiger partial charge in [0.25, 0.3) is 0 Å². The number of hydrogen-bond donors (Lipinski definition) is 1. The van der Waals surface area contributed by atoms with Crippen LogP contribution in [0.4, 0.5) is 5.69 Å². The molecule has 0 saturated heterocycles. The van der Waals surface area contributed by atoms with E-state index in [9.17, 15) is 0 Å². The Morgan fingerprint density at radius 1 is 1.44 bits per heavy atom. The van der Waals surface area contributed by atoms with Crippen molar-refractivity contribution >= 4 is 5.69 Å². The molecule has 16 heavy (non-hydrogen) atoms. The summed E-state index contributed by atoms with van der Waals surface area (Å²) in [5.74, 6) is 0. The van der Waals surface area contributed by atoms with Gasteiger partial charge < -0.3 is 10.2 Å². The maximum atomic E-state index is 4.35. The lowest BCUT2D eigenvalue weighted by atomic mass is 10.2. The highest BCUT2D eigenvalue weighted by Crippen LogP contribution is 2.20. The number of pyridine rings is 1. The van der Waals surface area contributed by atoms with Gasteiger partial charge in [0.1, 0.15) is 0 Å². The molecular weight excluding hydrogens is 198 g/mol. The Morgan fingerprint density at radius 3 is 2.81 bits per heavy atom. The van der Waals surface area contributed by atoms with Gasteiger partial charge in [-0.25, -0.2) is 0 Å². The molecule has 0 aliphatic carbocycles. The highest BCUT2D eigenvalue weighted by molar-refractivity contribution is 5.52. The van der Waals surface area contributed by atoms with Crippen LogP contribution in [-0.4, -0.2) is 25.6 Å². The minimum Gasteiger partial charge on any atom is -0.374 e. The van der Waals surface area contributed by atoms with Crippen LogP contribution in [-0.2, 0) is 6.54 Å². The quantitative estimate of drug-likeness (QED) is 0.799. The summed E-state index contributed by atoms with van der Waals surface area (Å²) in [5.41, 5.74) is 3.65. The number of anilines is 1. The van der Waals surface area contributed by atoms with Crippen molar-refractivity contribution in [3.8, 4) is 0 Å². The lowest BCUT2D eigenvalue weighted by molar-refractivity contribution is 0.752. The molecule has 0 amide bonds. The van der Waals surface area contributed by atoms with E-state index in [0.29, 0.717) is 0 Å². The number of nitrogens with zero attached hydrogens (tertiary/aromatic N) is 2. The highest BCUT2D eigenvalue weighted by atomic mass is 15.1. The maximum absolute atomic E-state index is 4.35. The Balaban J connectivity index is 2.85. The first-order valence-corrected chi connectivity index (χ1v) is 6.00. The van der Waals surface area contributed by atoms with Crippen molar-refractivity contribution in [1.29, 1.82) is 0 Å². The summed E-state index contributed by atoms with van der Waals surface area (Å²) in [5, 5.41) is 3.19. The second kappa shape index (κ2) is 6.48. The Hall–Kier alpha value is -1.09. The summed E-state index contributed by atoms with van der Waals surface area (Å²) in [4.78, 5) is 6.68. The molecule has 1 aromatic heterocycles. The van der Waals surface area contributed by atoms with E-state index in [2.05, 4.69) is 35.2 Å². The standard InChI is InChI=1S/C13H23N3/c1-5-6-7-16(4)13-8-11(2)15-10-12(13)9-14-3/h8,10,14H,5-7,9H2,1-4H3. The monoisotopic (exact) mass is 221 g/mol. The van der Waals surface area contributed by atoms with Gasteiger partial charge in [-0.1, -0.05) is 13.3 Å². The minimum atomic E-state index is 0.874. The van der Waals surface area contributed by atoms with Crippen molar-refractivity contribution in [3.63, 3.8) is 0 Å². The first-order valence-electron chi connectivity index (χ1n) is 6.00. The van der Waals surface area contributed by atoms with Gasteiger partial charge in [0.2, 0.25) is 0 Å². The molecule has 0 aromatic carbocycles. The second-order valence-electron chi connectivity index (χ2n) is 4.26. The summed E-state index contributed by atoms with van der Waals surface area (Å²) in [6.07, 6.45) is 4.44. The summed E-state index contributed by atoms with van der Waals surface area (Å²) in [7, 11) is 4.12. The predicted molar refractivity (Wildman–Crippen MR) is 69.9 cm³/mol. The summed E-state index contributed by atoms with van der Waals surface area (Å²) in [6, 6.07) is 2.17. The Morgan fingerprint density at radius 2 is 2.19 bits per heavy atom. The Labute approximate surface area is 98.9 Å². The minimum absolute atomic E-state index is 0.874. The zero-order valence-electron chi connectivity index (χ0n) is 10.9. The molecule has 1 N–H and O–H groups in total. The van der Waals surface area contributed by atoms with E-state index >= 15 is 0 Å². The molecule has 1 rings (SSSR count). The van der Waals surface area contributed by atoms with Crippen molar-refractivity contribution < 1.29 is 0 Å². The molecule has 0 unspecified atom stereocenters. The van der Waals surface area contributed by atoms with Crippen molar-refractivity contribution in [2.24, 2.45) is 0 Å². The molecular formula is C13H23N3. The van der Waals surface area contributed by atoms with Crippen molar-refractivity contribution in [2.45, 2.75) is 33.2 Å². The number of rotatable bonds is 6. The number of unbranched alkanes of at least 4 members (excludes halogenated alkanes) is 1. The third kappa shape index (κ3) is 3.49. The summed E-state index contributed by atoms with van der Waals surface area (Å²) >= 11 is 0. The van der Waals surface area contributed by atoms with E-state index in [1.807, 2.05) is 20.2 Å². The zero-order valence-corrected chi connectivity index (χ0v) is 10.9. The maximum Gasteiger partial charge on any atom is 0.0442 e. The summed E-state index contributed by atoms with van der Waals surface area (Å²) in [6.45, 7) is 6.25. The molecule has 1 heterocycles. The fraction of sp³-hybridized carbons (Fsp3) is 0.615. The molecule has 0 fully saturated rings. The van der Waals surface area contributed by atoms with E-state index < -0.39 is 0 Å². The molecule has 0 aliphatic rings. The van der Waals surface area contributed by atoms with Gasteiger partial charge in [-0.3, -0.25) is 4.98 Å². The van der Waals surface area contributed by atoms with Gasteiger partial charge >= 0.3 is 0 Å². The molecule has 0 bridgehead atoms. The van der Waals surface area contributed by atoms with Crippen LogP contribution in [0.15, 0.2) is 12.3 Å². The largest absolute Gasteiger partial charge is 0.374 e. The number of aryl methyl sites for hydroxylation is 1. The first-order chi connectivity index (χ1) is 7.69. The number of aromatic nitrogens is 1. The van der Waals surface area contributed by atoms with E-state index in [-0.39, 0.29) is 0 Å². The molecule has 0 aliphatic heterocycles. The fourth-order valence-electron chi connectivity index (χ4n) is 1.77. The van der Waals surface area contributed by atoms with Crippen LogP contribution in [0.3, 0.4) is 0 Å². The number of hydrogen-bond acceptors (Lipinski definition) is 3. The van der Waals surface area contributed by atoms with Gasteiger partial charge in [0, 0.05) is 43.3 Å². The van der Waals surface area contributed by atoms with E-state index in [4.69, 9.17) is 0 Å². The molecule has 0 atom stereocenters. The molecule has 0 saturated carbocycles. The highest BCUT2D eigenvalue weighted by Gasteiger charge is 2.07. The van der Waals surface area contributed by atoms with Crippen LogP contribution < -0.4 is 10.2 Å². The average molecular weight is 221 g/mol. The first kappa shape index (κ1) is 13.0. The van der Waals surface area contributed by atoms with E-state index in [1.165, 1.54) is 24.1 Å². The van der Waals surface area contributed by atoms with E-state index in [0.717, 1.165) is 18.8 Å². The SMILES string of the molecule is CCCCN(C)c1cc(C)ncc1CNC. The predicted octanol–water partition coefficient (Wildman–Crippen LogP) is 2.35. The topological polar surface area (TPSA) is 28.2 Å². The van der Waals surface area contributed by atoms with Crippen molar-refractivity contribution in [2.75, 3.05) is 25.5 Å². The van der Waals surface area contributed by atoms with Crippen LogP contribution >= 0.6 is 0 Å². The molecule has 0 radical (unpaired) electrons. The third-order valence-electron chi connectivity index (χ3n) is 2.72. The molecule has 1 aromatic rings. The number of nitrogens with one attached hydrogen (secondary N) is 1. The smallest absolute Gasteiger partial charge is 0.0442 e. The van der Waals surface area contributed by atoms with Crippen LogP contribution in [0.5, 0.6) is 0 Å². The average Bonchev–Trinajstić information content (AvgIpc) is 2.28. The second-order valence-corrected chi connectivity index (χ2v) is 4.26. The molecule has 3 nitrogen and oxygen atoms in total. The fourth-order valence-corrected chi connectivity index (χ4v) is 1.77. The van der Waals surface area contributed by atoms with Gasteiger partial charge in [0.05, 0.1) is 0 Å². The van der Waals surface area contributed by atoms with Gasteiger partial charge in [0.15, 0.2) is 0 Å². The lowest BCUT2D eigenvalue weighted by Crippen LogP contribution is -2.21. The Kier molecular flexibility index (Phi) is 5.26. The normalized spacial score (nSPS) is 10.5. The van der Waals surface area contributed by atoms with Crippen molar-refractivity contribution in [3.05, 3.63) is 23.5 Å². The Bertz CT molecular complexity index is 323. The lowest BCUT2D eigenvalue weighted by Gasteiger charge is -2.22. The van der Waals surface area contributed by atoms with Crippen LogP contribution in [0.25, 0.3) is 0 Å². The molecule has 90 valence electrons. The third-order valence-corrected chi connectivity index (χ3v) is 2.72. The molecule has 3 heteroatoms. The van der Waals surface area contributed by atoms with Gasteiger partial charge in [-0.15, -0.1) is 0 Å². The zero-order chi connectivity index (χ0) is 12.0. The van der Waals surface area contributed by atoms with Gasteiger partial charge in [-0.05, 0) is 26.5 Å². The van der Waals surface area contributed by atoms with Crippen LogP contribution in [0.1, 0.15) is 31.0 Å². The van der Waals surface area contributed by atoms with Crippen LogP contribution in [0.2, 0.25) is 0 Å². The van der Waals surface area contributed by atoms with Crippen molar-refractivity contribution in [1.82, 2.24) is 10.3 Å². The van der Waals surface area contributed by atoms with Crippen LogP contribution in [0, 0.1) is 6.92 Å². The summed E-state index contributed by atoms with van der Waals surface area (Å²) < 4.78 is 0. The molecule has 0 spiro atoms. The van der Waals surface area contributed by atoms with E-state index in [1.54, 1.807) is 0 Å².